The van der Waals surface area contributed by atoms with E-state index in [1.54, 1.807) is 0 Å². The molecule has 1 aromatic heterocycles. The van der Waals surface area contributed by atoms with Gasteiger partial charge in [0.15, 0.2) is 0 Å². The van der Waals surface area contributed by atoms with E-state index < -0.39 is 8.07 Å². The van der Waals surface area contributed by atoms with Crippen LogP contribution in [0.25, 0.3) is 0 Å². The van der Waals surface area contributed by atoms with E-state index in [1.807, 2.05) is 12.4 Å². The SMILES string of the molecule is C[Si]1(C)CCC(c2ncc[nH]2)C1. The molecule has 1 aliphatic rings. The van der Waals surface area contributed by atoms with Crippen LogP contribution in [0.3, 0.4) is 0 Å². The van der Waals surface area contributed by atoms with Crippen molar-refractivity contribution in [3.63, 3.8) is 0 Å². The number of imidazole rings is 1. The Kier molecular flexibility index (Phi) is 1.83. The molecule has 2 heterocycles. The van der Waals surface area contributed by atoms with Gasteiger partial charge >= 0.3 is 0 Å². The number of hydrogen-bond acceptors (Lipinski definition) is 1. The first-order valence-corrected chi connectivity index (χ1v) is 8.08. The van der Waals surface area contributed by atoms with Crippen LogP contribution in [0.4, 0.5) is 0 Å². The summed E-state index contributed by atoms with van der Waals surface area (Å²) in [6.45, 7) is 4.96. The van der Waals surface area contributed by atoms with E-state index in [4.69, 9.17) is 0 Å². The molecule has 66 valence electrons. The summed E-state index contributed by atoms with van der Waals surface area (Å²) < 4.78 is 0. The Morgan fingerprint density at radius 1 is 1.58 bits per heavy atom. The van der Waals surface area contributed by atoms with E-state index in [1.165, 1.54) is 24.3 Å². The van der Waals surface area contributed by atoms with Crippen molar-refractivity contribution in [2.45, 2.75) is 37.5 Å². The highest BCUT2D eigenvalue weighted by molar-refractivity contribution is 6.78. The third-order valence-corrected chi connectivity index (χ3v) is 6.11. The summed E-state index contributed by atoms with van der Waals surface area (Å²) in [5, 5.41) is 0. The minimum absolute atomic E-state index is 0.738. The number of aromatic amines is 1. The third-order valence-electron chi connectivity index (χ3n) is 2.87. The lowest BCUT2D eigenvalue weighted by atomic mass is 10.1. The Morgan fingerprint density at radius 2 is 2.42 bits per heavy atom. The van der Waals surface area contributed by atoms with Gasteiger partial charge < -0.3 is 4.98 Å². The highest BCUT2D eigenvalue weighted by atomic mass is 28.3. The molecule has 1 saturated heterocycles. The molecule has 0 amide bonds. The van der Waals surface area contributed by atoms with Gasteiger partial charge in [0, 0.05) is 26.4 Å². The number of hydrogen-bond donors (Lipinski definition) is 1. The normalized spacial score (nSPS) is 27.7. The third kappa shape index (κ3) is 1.46. The highest BCUT2D eigenvalue weighted by Gasteiger charge is 2.34. The van der Waals surface area contributed by atoms with Crippen molar-refractivity contribution in [3.8, 4) is 0 Å². The van der Waals surface area contributed by atoms with Crippen LogP contribution in [-0.4, -0.2) is 18.0 Å². The Labute approximate surface area is 74.4 Å². The van der Waals surface area contributed by atoms with Crippen LogP contribution in [0.2, 0.25) is 25.2 Å². The lowest BCUT2D eigenvalue weighted by Gasteiger charge is -2.13. The summed E-state index contributed by atoms with van der Waals surface area (Å²) in [5.74, 6) is 1.95. The minimum Gasteiger partial charge on any atom is -0.348 e. The van der Waals surface area contributed by atoms with Gasteiger partial charge in [-0.05, 0) is 12.5 Å². The van der Waals surface area contributed by atoms with Gasteiger partial charge in [-0.25, -0.2) is 4.98 Å². The first kappa shape index (κ1) is 8.04. The van der Waals surface area contributed by atoms with Crippen LogP contribution < -0.4 is 0 Å². The average Bonchev–Trinajstić information content (AvgIpc) is 2.55. The van der Waals surface area contributed by atoms with Crippen LogP contribution in [0.15, 0.2) is 12.4 Å². The molecule has 1 N–H and O–H groups in total. The van der Waals surface area contributed by atoms with E-state index in [0.29, 0.717) is 0 Å². The molecule has 1 aliphatic heterocycles. The summed E-state index contributed by atoms with van der Waals surface area (Å²) in [6.07, 6.45) is 5.15. The fourth-order valence-corrected chi connectivity index (χ4v) is 5.24. The molecule has 12 heavy (non-hydrogen) atoms. The van der Waals surface area contributed by atoms with Crippen LogP contribution in [-0.2, 0) is 0 Å². The minimum atomic E-state index is -0.819. The first-order valence-electron chi connectivity index (χ1n) is 4.67. The van der Waals surface area contributed by atoms with E-state index in [9.17, 15) is 0 Å². The van der Waals surface area contributed by atoms with Gasteiger partial charge in [0.1, 0.15) is 5.82 Å². The number of aromatic nitrogens is 2. The predicted molar refractivity (Wildman–Crippen MR) is 53.0 cm³/mol. The van der Waals surface area contributed by atoms with Gasteiger partial charge in [-0.2, -0.15) is 0 Å². The number of nitrogens with one attached hydrogen (secondary N) is 1. The molecular weight excluding hydrogens is 164 g/mol. The van der Waals surface area contributed by atoms with E-state index >= 15 is 0 Å². The van der Waals surface area contributed by atoms with Crippen LogP contribution in [0, 0.1) is 0 Å². The van der Waals surface area contributed by atoms with Gasteiger partial charge in [0.2, 0.25) is 0 Å². The zero-order chi connectivity index (χ0) is 8.60. The Balaban J connectivity index is 2.10. The molecule has 2 nitrogen and oxygen atoms in total. The average molecular weight is 180 g/mol. The van der Waals surface area contributed by atoms with E-state index in [-0.39, 0.29) is 0 Å². The van der Waals surface area contributed by atoms with Crippen molar-refractivity contribution in [3.05, 3.63) is 18.2 Å². The molecule has 0 aromatic carbocycles. The molecule has 1 atom stereocenters. The fraction of sp³-hybridized carbons (Fsp3) is 0.667. The quantitative estimate of drug-likeness (QED) is 0.661. The van der Waals surface area contributed by atoms with Gasteiger partial charge in [0.05, 0.1) is 0 Å². The number of H-pyrrole nitrogens is 1. The van der Waals surface area contributed by atoms with Crippen molar-refractivity contribution in [1.29, 1.82) is 0 Å². The van der Waals surface area contributed by atoms with Crippen molar-refractivity contribution in [1.82, 2.24) is 9.97 Å². The molecule has 3 heteroatoms. The largest absolute Gasteiger partial charge is 0.348 e. The van der Waals surface area contributed by atoms with Crippen LogP contribution >= 0.6 is 0 Å². The molecule has 0 saturated carbocycles. The van der Waals surface area contributed by atoms with Crippen molar-refractivity contribution >= 4 is 8.07 Å². The van der Waals surface area contributed by atoms with Gasteiger partial charge in [0.25, 0.3) is 0 Å². The lowest BCUT2D eigenvalue weighted by Crippen LogP contribution is -2.19. The second-order valence-electron chi connectivity index (χ2n) is 4.58. The summed E-state index contributed by atoms with van der Waals surface area (Å²) >= 11 is 0. The zero-order valence-electron chi connectivity index (χ0n) is 7.80. The smallest absolute Gasteiger partial charge is 0.108 e. The summed E-state index contributed by atoms with van der Waals surface area (Å²) in [7, 11) is -0.819. The molecule has 0 aliphatic carbocycles. The molecule has 0 bridgehead atoms. The maximum absolute atomic E-state index is 4.33. The van der Waals surface area contributed by atoms with Gasteiger partial charge in [-0.1, -0.05) is 19.1 Å². The lowest BCUT2D eigenvalue weighted by molar-refractivity contribution is 0.720. The Bertz CT molecular complexity index is 254. The van der Waals surface area contributed by atoms with Crippen molar-refractivity contribution < 1.29 is 0 Å². The van der Waals surface area contributed by atoms with Gasteiger partial charge in [-0.3, -0.25) is 0 Å². The van der Waals surface area contributed by atoms with Crippen molar-refractivity contribution in [2.75, 3.05) is 0 Å². The molecule has 1 aromatic rings. The molecule has 0 radical (unpaired) electrons. The van der Waals surface area contributed by atoms with Crippen LogP contribution in [0.1, 0.15) is 18.2 Å². The Morgan fingerprint density at radius 3 is 2.92 bits per heavy atom. The highest BCUT2D eigenvalue weighted by Crippen LogP contribution is 2.39. The molecular formula is C9H16N2Si. The number of rotatable bonds is 1. The Hall–Kier alpha value is -0.573. The molecule has 1 unspecified atom stereocenters. The molecule has 1 fully saturated rings. The fourth-order valence-electron chi connectivity index (χ4n) is 2.17. The monoisotopic (exact) mass is 180 g/mol. The first-order chi connectivity index (χ1) is 5.67. The maximum Gasteiger partial charge on any atom is 0.108 e. The number of nitrogens with zero attached hydrogens (tertiary/aromatic N) is 1. The van der Waals surface area contributed by atoms with Crippen molar-refractivity contribution in [2.24, 2.45) is 0 Å². The second kappa shape index (κ2) is 2.73. The second-order valence-corrected chi connectivity index (χ2v) is 9.82. The summed E-state index contributed by atoms with van der Waals surface area (Å²) in [4.78, 5) is 7.56. The topological polar surface area (TPSA) is 28.7 Å². The van der Waals surface area contributed by atoms with Gasteiger partial charge in [-0.15, -0.1) is 0 Å². The predicted octanol–water partition coefficient (Wildman–Crippen LogP) is 2.61. The summed E-state index contributed by atoms with van der Waals surface area (Å²) in [6, 6.07) is 2.89. The maximum atomic E-state index is 4.33. The molecule has 2 rings (SSSR count). The summed E-state index contributed by atoms with van der Waals surface area (Å²) in [5.41, 5.74) is 0. The van der Waals surface area contributed by atoms with Crippen LogP contribution in [0.5, 0.6) is 0 Å². The standard InChI is InChI=1S/C9H16N2Si/c1-12(2)6-3-8(7-12)9-10-4-5-11-9/h4-5,8H,3,6-7H2,1-2H3,(H,10,11). The van der Waals surface area contributed by atoms with E-state index in [0.717, 1.165) is 5.92 Å². The zero-order valence-corrected chi connectivity index (χ0v) is 8.80. The van der Waals surface area contributed by atoms with E-state index in [2.05, 4.69) is 23.1 Å². The molecule has 0 spiro atoms.